The summed E-state index contributed by atoms with van der Waals surface area (Å²) in [6.45, 7) is 0. The molecule has 0 bridgehead atoms. The molecule has 5 nitrogen and oxygen atoms in total. The minimum absolute atomic E-state index is 0.0196. The third-order valence-electron chi connectivity index (χ3n) is 3.82. The second-order valence-corrected chi connectivity index (χ2v) is 5.88. The Morgan fingerprint density at radius 2 is 1.28 bits per heavy atom. The van der Waals surface area contributed by atoms with Crippen LogP contribution in [0.5, 0.6) is 11.5 Å². The number of ether oxygens (including phenoxy) is 3. The van der Waals surface area contributed by atoms with Crippen LogP contribution in [0.3, 0.4) is 0 Å². The van der Waals surface area contributed by atoms with Crippen molar-refractivity contribution in [3.8, 4) is 11.5 Å². The Kier molecular flexibility index (Phi) is 6.31. The summed E-state index contributed by atoms with van der Waals surface area (Å²) >= 11 is 0. The second kappa shape index (κ2) is 8.19. The Labute approximate surface area is 161 Å². The highest BCUT2D eigenvalue weighted by atomic mass is 19.4. The van der Waals surface area contributed by atoms with Crippen molar-refractivity contribution in [3.05, 3.63) is 59.7 Å². The number of carbonyl (C=O) groups excluding carboxylic acids is 1. The minimum Gasteiger partial charge on any atom is -0.469 e. The standard InChI is InChI=1S/C18H15F6NO4/c1-27-15(26)10-16(25,11-4-2-6-13(8-11)28-17(19,20)21)12-5-3-7-14(9-12)29-18(22,23)24/h2-9H,10,25H2,1H3. The van der Waals surface area contributed by atoms with Crippen molar-refractivity contribution >= 4 is 5.97 Å². The van der Waals surface area contributed by atoms with Gasteiger partial charge in [-0.15, -0.1) is 26.3 Å². The van der Waals surface area contributed by atoms with Crippen LogP contribution < -0.4 is 15.2 Å². The summed E-state index contributed by atoms with van der Waals surface area (Å²) in [6, 6.07) is 8.92. The number of nitrogens with two attached hydrogens (primary N) is 1. The highest BCUT2D eigenvalue weighted by Crippen LogP contribution is 2.36. The molecule has 0 aliphatic rings. The van der Waals surface area contributed by atoms with Gasteiger partial charge in [-0.25, -0.2) is 0 Å². The first-order chi connectivity index (χ1) is 13.3. The number of halogens is 6. The predicted molar refractivity (Wildman–Crippen MR) is 87.9 cm³/mol. The van der Waals surface area contributed by atoms with E-state index in [1.54, 1.807) is 0 Å². The Morgan fingerprint density at radius 1 is 0.862 bits per heavy atom. The number of methoxy groups -OCH3 is 1. The van der Waals surface area contributed by atoms with E-state index in [1.165, 1.54) is 24.3 Å². The molecule has 0 heterocycles. The van der Waals surface area contributed by atoms with Crippen molar-refractivity contribution in [2.75, 3.05) is 7.11 Å². The summed E-state index contributed by atoms with van der Waals surface area (Å²) in [7, 11) is 1.06. The molecule has 0 amide bonds. The fourth-order valence-electron chi connectivity index (χ4n) is 2.61. The number of hydrogen-bond donors (Lipinski definition) is 1. The van der Waals surface area contributed by atoms with Crippen molar-refractivity contribution < 1.29 is 45.3 Å². The zero-order valence-corrected chi connectivity index (χ0v) is 14.8. The van der Waals surface area contributed by atoms with E-state index in [4.69, 9.17) is 5.73 Å². The maximum absolute atomic E-state index is 12.5. The molecule has 158 valence electrons. The van der Waals surface area contributed by atoms with Crippen LogP contribution in [0.4, 0.5) is 26.3 Å². The molecule has 29 heavy (non-hydrogen) atoms. The molecule has 0 saturated heterocycles. The number of alkyl halides is 6. The van der Waals surface area contributed by atoms with E-state index in [-0.39, 0.29) is 11.1 Å². The van der Waals surface area contributed by atoms with Gasteiger partial charge in [0.1, 0.15) is 11.5 Å². The molecule has 2 rings (SSSR count). The molecule has 2 aromatic rings. The Morgan fingerprint density at radius 3 is 1.62 bits per heavy atom. The van der Waals surface area contributed by atoms with Gasteiger partial charge in [0, 0.05) is 0 Å². The maximum atomic E-state index is 12.5. The van der Waals surface area contributed by atoms with Gasteiger partial charge in [-0.05, 0) is 35.4 Å². The maximum Gasteiger partial charge on any atom is 0.573 e. The van der Waals surface area contributed by atoms with Gasteiger partial charge in [-0.3, -0.25) is 4.79 Å². The summed E-state index contributed by atoms with van der Waals surface area (Å²) in [5, 5.41) is 0. The molecule has 0 aliphatic heterocycles. The number of benzene rings is 2. The Bertz CT molecular complexity index is 806. The lowest BCUT2D eigenvalue weighted by atomic mass is 9.81. The lowest BCUT2D eigenvalue weighted by Crippen LogP contribution is -2.40. The van der Waals surface area contributed by atoms with Crippen molar-refractivity contribution in [3.63, 3.8) is 0 Å². The first-order valence-corrected chi connectivity index (χ1v) is 7.91. The molecule has 0 unspecified atom stereocenters. The molecule has 11 heteroatoms. The van der Waals surface area contributed by atoms with E-state index >= 15 is 0 Å². The lowest BCUT2D eigenvalue weighted by molar-refractivity contribution is -0.275. The lowest BCUT2D eigenvalue weighted by Gasteiger charge is -2.30. The molecule has 0 aromatic heterocycles. The average molecular weight is 423 g/mol. The third-order valence-corrected chi connectivity index (χ3v) is 3.82. The quantitative estimate of drug-likeness (QED) is 0.556. The minimum atomic E-state index is -4.97. The SMILES string of the molecule is COC(=O)CC(N)(c1cccc(OC(F)(F)F)c1)c1cccc(OC(F)(F)F)c1. The van der Waals surface area contributed by atoms with Crippen LogP contribution in [0.25, 0.3) is 0 Å². The summed E-state index contributed by atoms with van der Waals surface area (Å²) in [4.78, 5) is 11.9. The van der Waals surface area contributed by atoms with Crippen LogP contribution in [0, 0.1) is 0 Å². The zero-order valence-electron chi connectivity index (χ0n) is 14.8. The van der Waals surface area contributed by atoms with Crippen LogP contribution in [0.15, 0.2) is 48.5 Å². The smallest absolute Gasteiger partial charge is 0.469 e. The highest BCUT2D eigenvalue weighted by molar-refractivity contribution is 5.72. The van der Waals surface area contributed by atoms with Gasteiger partial charge in [0.25, 0.3) is 0 Å². The summed E-state index contributed by atoms with van der Waals surface area (Å²) < 4.78 is 87.4. The summed E-state index contributed by atoms with van der Waals surface area (Å²) in [5.41, 5.74) is 4.44. The number of rotatable bonds is 6. The van der Waals surface area contributed by atoms with Crippen LogP contribution in [0.1, 0.15) is 17.5 Å². The molecule has 0 radical (unpaired) electrons. The molecule has 2 N–H and O–H groups in total. The Hall–Kier alpha value is -2.95. The first-order valence-electron chi connectivity index (χ1n) is 7.91. The van der Waals surface area contributed by atoms with E-state index < -0.39 is 42.2 Å². The van der Waals surface area contributed by atoms with E-state index in [2.05, 4.69) is 14.2 Å². The molecule has 0 fully saturated rings. The van der Waals surface area contributed by atoms with Crippen molar-refractivity contribution in [2.24, 2.45) is 5.73 Å². The number of esters is 1. The van der Waals surface area contributed by atoms with Gasteiger partial charge in [0.15, 0.2) is 0 Å². The fourth-order valence-corrected chi connectivity index (χ4v) is 2.61. The van der Waals surface area contributed by atoms with Gasteiger partial charge in [0.2, 0.25) is 0 Å². The van der Waals surface area contributed by atoms with Crippen LogP contribution in [-0.2, 0) is 15.1 Å². The number of hydrogen-bond acceptors (Lipinski definition) is 5. The van der Waals surface area contributed by atoms with Crippen LogP contribution in [-0.4, -0.2) is 25.8 Å². The summed E-state index contributed by atoms with van der Waals surface area (Å²) in [6.07, 6.45) is -10.5. The largest absolute Gasteiger partial charge is 0.573 e. The van der Waals surface area contributed by atoms with Crippen LogP contribution in [0.2, 0.25) is 0 Å². The average Bonchev–Trinajstić information content (AvgIpc) is 2.59. The fraction of sp³-hybridized carbons (Fsp3) is 0.278. The van der Waals surface area contributed by atoms with E-state index in [0.717, 1.165) is 31.4 Å². The van der Waals surface area contributed by atoms with Gasteiger partial charge in [0.05, 0.1) is 19.1 Å². The molecule has 0 atom stereocenters. The molecule has 0 saturated carbocycles. The van der Waals surface area contributed by atoms with Gasteiger partial charge in [-0.1, -0.05) is 24.3 Å². The van der Waals surface area contributed by atoms with Crippen molar-refractivity contribution in [1.82, 2.24) is 0 Å². The van der Waals surface area contributed by atoms with Gasteiger partial charge < -0.3 is 19.9 Å². The molecular formula is C18H15F6NO4. The zero-order chi connectivity index (χ0) is 21.9. The number of carbonyl (C=O) groups is 1. The Balaban J connectivity index is 2.54. The first kappa shape index (κ1) is 22.3. The summed E-state index contributed by atoms with van der Waals surface area (Å²) in [5.74, 6) is -2.06. The van der Waals surface area contributed by atoms with Crippen molar-refractivity contribution in [1.29, 1.82) is 0 Å². The predicted octanol–water partition coefficient (Wildman–Crippen LogP) is 4.25. The van der Waals surface area contributed by atoms with Gasteiger partial charge >= 0.3 is 18.7 Å². The van der Waals surface area contributed by atoms with E-state index in [9.17, 15) is 31.1 Å². The van der Waals surface area contributed by atoms with E-state index in [0.29, 0.717) is 0 Å². The monoisotopic (exact) mass is 423 g/mol. The topological polar surface area (TPSA) is 70.8 Å². The highest BCUT2D eigenvalue weighted by Gasteiger charge is 2.37. The molecule has 0 spiro atoms. The van der Waals surface area contributed by atoms with Crippen LogP contribution >= 0.6 is 0 Å². The van der Waals surface area contributed by atoms with Crippen molar-refractivity contribution in [2.45, 2.75) is 24.7 Å². The second-order valence-electron chi connectivity index (χ2n) is 5.88. The molecular weight excluding hydrogens is 408 g/mol. The third kappa shape index (κ3) is 6.28. The normalized spacial score (nSPS) is 12.4. The molecule has 2 aromatic carbocycles. The van der Waals surface area contributed by atoms with Gasteiger partial charge in [-0.2, -0.15) is 0 Å². The molecule has 0 aliphatic carbocycles. The van der Waals surface area contributed by atoms with E-state index in [1.807, 2.05) is 0 Å².